The van der Waals surface area contributed by atoms with E-state index < -0.39 is 0 Å². The third kappa shape index (κ3) is 3.74. The van der Waals surface area contributed by atoms with Gasteiger partial charge in [-0.05, 0) is 44.4 Å². The molecule has 0 aromatic heterocycles. The number of nitrogens with one attached hydrogen (secondary N) is 1. The second kappa shape index (κ2) is 5.54. The molecule has 1 unspecified atom stereocenters. The van der Waals surface area contributed by atoms with Crippen molar-refractivity contribution in [2.75, 3.05) is 5.32 Å². The molecule has 1 nitrogen and oxygen atoms in total. The van der Waals surface area contributed by atoms with Gasteiger partial charge in [0.15, 0.2) is 0 Å². The molecule has 1 rings (SSSR count). The predicted molar refractivity (Wildman–Crippen MR) is 63.7 cm³/mol. The Labute approximate surface area is 91.0 Å². The van der Waals surface area contributed by atoms with Gasteiger partial charge in [0.1, 0.15) is 5.82 Å². The lowest BCUT2D eigenvalue weighted by Gasteiger charge is -2.14. The summed E-state index contributed by atoms with van der Waals surface area (Å²) in [6, 6.07) is 5.57. The highest BCUT2D eigenvalue weighted by Gasteiger charge is 2.03. The standard InChI is InChI=1S/C13H18FN/c1-4-5-6-11(3)15-12-8-7-10(2)13(14)9-12/h4,7-9,11,15H,1,5-6H2,2-3H3. The molecule has 0 aliphatic carbocycles. The molecule has 0 radical (unpaired) electrons. The van der Waals surface area contributed by atoms with Crippen molar-refractivity contribution in [1.82, 2.24) is 0 Å². The Hall–Kier alpha value is -1.31. The van der Waals surface area contributed by atoms with Gasteiger partial charge in [0.25, 0.3) is 0 Å². The summed E-state index contributed by atoms with van der Waals surface area (Å²) < 4.78 is 13.2. The first-order valence-corrected chi connectivity index (χ1v) is 5.27. The highest BCUT2D eigenvalue weighted by Crippen LogP contribution is 2.15. The summed E-state index contributed by atoms with van der Waals surface area (Å²) >= 11 is 0. The van der Waals surface area contributed by atoms with Crippen molar-refractivity contribution in [2.45, 2.75) is 32.7 Å². The number of allylic oxidation sites excluding steroid dienone is 1. The first-order valence-electron chi connectivity index (χ1n) is 5.27. The molecular formula is C13H18FN. The fourth-order valence-electron chi connectivity index (χ4n) is 1.41. The maximum Gasteiger partial charge on any atom is 0.128 e. The number of benzene rings is 1. The molecule has 0 aliphatic rings. The van der Waals surface area contributed by atoms with E-state index in [9.17, 15) is 4.39 Å². The van der Waals surface area contributed by atoms with Gasteiger partial charge in [-0.2, -0.15) is 0 Å². The van der Waals surface area contributed by atoms with E-state index in [0.29, 0.717) is 11.6 Å². The predicted octanol–water partition coefficient (Wildman–Crippen LogP) is 3.90. The second-order valence-electron chi connectivity index (χ2n) is 3.88. The number of hydrogen-bond acceptors (Lipinski definition) is 1. The van der Waals surface area contributed by atoms with Crippen molar-refractivity contribution in [3.63, 3.8) is 0 Å². The molecular weight excluding hydrogens is 189 g/mol. The van der Waals surface area contributed by atoms with Crippen molar-refractivity contribution in [2.24, 2.45) is 0 Å². The minimum Gasteiger partial charge on any atom is -0.382 e. The number of rotatable bonds is 5. The molecule has 15 heavy (non-hydrogen) atoms. The van der Waals surface area contributed by atoms with Crippen LogP contribution in [0.15, 0.2) is 30.9 Å². The van der Waals surface area contributed by atoms with E-state index in [1.807, 2.05) is 12.1 Å². The zero-order chi connectivity index (χ0) is 11.3. The van der Waals surface area contributed by atoms with Crippen molar-refractivity contribution in [1.29, 1.82) is 0 Å². The van der Waals surface area contributed by atoms with Crippen LogP contribution >= 0.6 is 0 Å². The summed E-state index contributed by atoms with van der Waals surface area (Å²) in [5.74, 6) is -0.157. The van der Waals surface area contributed by atoms with E-state index in [-0.39, 0.29) is 5.82 Å². The molecule has 0 amide bonds. The topological polar surface area (TPSA) is 12.0 Å². The first-order chi connectivity index (χ1) is 7.13. The van der Waals surface area contributed by atoms with Crippen molar-refractivity contribution in [3.8, 4) is 0 Å². The minimum atomic E-state index is -0.157. The van der Waals surface area contributed by atoms with Gasteiger partial charge < -0.3 is 5.32 Å². The molecule has 2 heteroatoms. The van der Waals surface area contributed by atoms with Crippen LogP contribution in [-0.4, -0.2) is 6.04 Å². The van der Waals surface area contributed by atoms with Crippen LogP contribution in [0.4, 0.5) is 10.1 Å². The quantitative estimate of drug-likeness (QED) is 0.722. The smallest absolute Gasteiger partial charge is 0.128 e. The molecule has 0 fully saturated rings. The van der Waals surface area contributed by atoms with Crippen LogP contribution in [0, 0.1) is 12.7 Å². The van der Waals surface area contributed by atoms with Gasteiger partial charge in [0, 0.05) is 11.7 Å². The molecule has 1 atom stereocenters. The monoisotopic (exact) mass is 207 g/mol. The highest BCUT2D eigenvalue weighted by atomic mass is 19.1. The summed E-state index contributed by atoms with van der Waals surface area (Å²) in [5, 5.41) is 3.26. The summed E-state index contributed by atoms with van der Waals surface area (Å²) in [4.78, 5) is 0. The Bertz CT molecular complexity index is 333. The van der Waals surface area contributed by atoms with Crippen LogP contribution in [0.3, 0.4) is 0 Å². The normalized spacial score (nSPS) is 12.2. The molecule has 0 bridgehead atoms. The van der Waals surface area contributed by atoms with E-state index in [2.05, 4.69) is 18.8 Å². The van der Waals surface area contributed by atoms with E-state index in [1.54, 1.807) is 19.1 Å². The summed E-state index contributed by atoms with van der Waals surface area (Å²) in [5.41, 5.74) is 1.52. The zero-order valence-electron chi connectivity index (χ0n) is 9.39. The number of halogens is 1. The summed E-state index contributed by atoms with van der Waals surface area (Å²) in [6.45, 7) is 7.53. The van der Waals surface area contributed by atoms with Gasteiger partial charge in [-0.25, -0.2) is 4.39 Å². The molecule has 1 aromatic carbocycles. The maximum absolute atomic E-state index is 13.2. The molecule has 0 saturated carbocycles. The average Bonchev–Trinajstić information content (AvgIpc) is 2.20. The lowest BCUT2D eigenvalue weighted by molar-refractivity contribution is 0.618. The van der Waals surface area contributed by atoms with Crippen LogP contribution in [0.1, 0.15) is 25.3 Å². The summed E-state index contributed by atoms with van der Waals surface area (Å²) in [7, 11) is 0. The number of hydrogen-bond donors (Lipinski definition) is 1. The maximum atomic E-state index is 13.2. The van der Waals surface area contributed by atoms with Crippen LogP contribution in [0.2, 0.25) is 0 Å². The Kier molecular flexibility index (Phi) is 4.35. The Morgan fingerprint density at radius 3 is 2.87 bits per heavy atom. The zero-order valence-corrected chi connectivity index (χ0v) is 9.39. The minimum absolute atomic E-state index is 0.157. The Balaban J connectivity index is 2.56. The largest absolute Gasteiger partial charge is 0.382 e. The SMILES string of the molecule is C=CCCC(C)Nc1ccc(C)c(F)c1. The number of aryl methyl sites for hydroxylation is 1. The van der Waals surface area contributed by atoms with Gasteiger partial charge in [0.2, 0.25) is 0 Å². The van der Waals surface area contributed by atoms with Crippen LogP contribution in [-0.2, 0) is 0 Å². The fraction of sp³-hybridized carbons (Fsp3) is 0.385. The molecule has 0 saturated heterocycles. The van der Waals surface area contributed by atoms with Gasteiger partial charge in [-0.15, -0.1) is 6.58 Å². The van der Waals surface area contributed by atoms with Crippen LogP contribution < -0.4 is 5.32 Å². The number of anilines is 1. The highest BCUT2D eigenvalue weighted by molar-refractivity contribution is 5.45. The van der Waals surface area contributed by atoms with Crippen LogP contribution in [0.25, 0.3) is 0 Å². The lowest BCUT2D eigenvalue weighted by atomic mass is 10.1. The van der Waals surface area contributed by atoms with Crippen LogP contribution in [0.5, 0.6) is 0 Å². The van der Waals surface area contributed by atoms with Crippen molar-refractivity contribution >= 4 is 5.69 Å². The lowest BCUT2D eigenvalue weighted by Crippen LogP contribution is -2.14. The van der Waals surface area contributed by atoms with E-state index in [0.717, 1.165) is 18.5 Å². The molecule has 0 heterocycles. The van der Waals surface area contributed by atoms with E-state index >= 15 is 0 Å². The van der Waals surface area contributed by atoms with Crippen molar-refractivity contribution in [3.05, 3.63) is 42.2 Å². The fourth-order valence-corrected chi connectivity index (χ4v) is 1.41. The first kappa shape index (κ1) is 11.8. The third-order valence-corrected chi connectivity index (χ3v) is 2.39. The molecule has 1 N–H and O–H groups in total. The average molecular weight is 207 g/mol. The molecule has 1 aromatic rings. The second-order valence-corrected chi connectivity index (χ2v) is 3.88. The molecule has 0 aliphatic heterocycles. The van der Waals surface area contributed by atoms with E-state index in [4.69, 9.17) is 0 Å². The summed E-state index contributed by atoms with van der Waals surface area (Å²) in [6.07, 6.45) is 3.88. The van der Waals surface area contributed by atoms with Gasteiger partial charge in [0.05, 0.1) is 0 Å². The molecule has 82 valence electrons. The Morgan fingerprint density at radius 1 is 1.53 bits per heavy atom. The van der Waals surface area contributed by atoms with Gasteiger partial charge >= 0.3 is 0 Å². The van der Waals surface area contributed by atoms with Gasteiger partial charge in [-0.1, -0.05) is 12.1 Å². The Morgan fingerprint density at radius 2 is 2.27 bits per heavy atom. The third-order valence-electron chi connectivity index (χ3n) is 2.39. The molecule has 0 spiro atoms. The van der Waals surface area contributed by atoms with Gasteiger partial charge in [-0.3, -0.25) is 0 Å². The van der Waals surface area contributed by atoms with E-state index in [1.165, 1.54) is 0 Å². The van der Waals surface area contributed by atoms with Crippen molar-refractivity contribution < 1.29 is 4.39 Å².